The maximum absolute atomic E-state index is 13.5. The van der Waals surface area contributed by atoms with Crippen LogP contribution in [0.3, 0.4) is 0 Å². The predicted octanol–water partition coefficient (Wildman–Crippen LogP) is 5.10. The number of hydrogen-bond donors (Lipinski definition) is 0. The lowest BCUT2D eigenvalue weighted by Gasteiger charge is -2.40. The molecule has 3 heterocycles. The summed E-state index contributed by atoms with van der Waals surface area (Å²) in [5.74, 6) is 0.182. The highest BCUT2D eigenvalue weighted by atomic mass is 35.5. The summed E-state index contributed by atoms with van der Waals surface area (Å²) in [6.07, 6.45) is -0.122. The van der Waals surface area contributed by atoms with Gasteiger partial charge in [-0.05, 0) is 37.1 Å². The zero-order valence-electron chi connectivity index (χ0n) is 20.9. The summed E-state index contributed by atoms with van der Waals surface area (Å²) in [5.41, 5.74) is 0.454. The summed E-state index contributed by atoms with van der Waals surface area (Å²) in [7, 11) is 1.57. The third kappa shape index (κ3) is 5.08. The van der Waals surface area contributed by atoms with Crippen LogP contribution in [0, 0.1) is 11.3 Å². The molecule has 1 saturated heterocycles. The van der Waals surface area contributed by atoms with Crippen LogP contribution in [0.15, 0.2) is 41.6 Å². The van der Waals surface area contributed by atoms with E-state index in [1.54, 1.807) is 37.6 Å². The number of rotatable bonds is 8. The van der Waals surface area contributed by atoms with Crippen LogP contribution < -0.4 is 19.4 Å². The Morgan fingerprint density at radius 3 is 2.61 bits per heavy atom. The van der Waals surface area contributed by atoms with Crippen LogP contribution in [0.1, 0.15) is 26.2 Å². The first-order valence-electron chi connectivity index (χ1n) is 12.4. The molecule has 1 aromatic heterocycles. The van der Waals surface area contributed by atoms with Crippen LogP contribution in [0.25, 0.3) is 0 Å². The fourth-order valence-corrected chi connectivity index (χ4v) is 5.59. The molecule has 12 heteroatoms. The van der Waals surface area contributed by atoms with Gasteiger partial charge in [0.2, 0.25) is 5.88 Å². The lowest BCUT2D eigenvalue weighted by molar-refractivity contribution is -0.129. The normalized spacial score (nSPS) is 24.3. The number of anilines is 2. The summed E-state index contributed by atoms with van der Waals surface area (Å²) >= 11 is 6.42. The minimum absolute atomic E-state index is 0.00232. The van der Waals surface area contributed by atoms with Gasteiger partial charge in [-0.15, -0.1) is 0 Å². The SMILES string of the molecule is COc1cc(N2CCC(Oc3ccc(N4N=C(C(F)(F)F)[C@@H](C)[C@@H]4COC=O)cc3)C3(CC3)C2)c(Cl)cn1. The molecule has 0 radical (unpaired) electrons. The number of benzene rings is 1. The Labute approximate surface area is 223 Å². The first-order chi connectivity index (χ1) is 18.1. The van der Waals surface area contributed by atoms with Gasteiger partial charge >= 0.3 is 6.18 Å². The molecule has 2 fully saturated rings. The average Bonchev–Trinajstić information content (AvgIpc) is 3.58. The van der Waals surface area contributed by atoms with Crippen LogP contribution in [-0.4, -0.2) is 62.3 Å². The summed E-state index contributed by atoms with van der Waals surface area (Å²) in [5, 5.41) is 5.68. The largest absolute Gasteiger partial charge is 0.490 e. The average molecular weight is 553 g/mol. The lowest BCUT2D eigenvalue weighted by Crippen LogP contribution is -2.47. The standard InChI is InChI=1S/C26H28ClF3N4O4/c1-16-21(13-37-15-35)34(32-24(16)26(28,29)30)17-3-5-18(6-4-17)38-22-7-10-33(14-25(22)8-9-25)20-11-23(36-2)31-12-19(20)27/h3-6,11-12,15-16,21-22H,7-10,13-14H2,1-2H3/t16-,21-,22?/m0/s1. The van der Waals surface area contributed by atoms with E-state index in [9.17, 15) is 18.0 Å². The molecule has 8 nitrogen and oxygen atoms in total. The Balaban J connectivity index is 1.29. The van der Waals surface area contributed by atoms with Crippen molar-refractivity contribution in [3.8, 4) is 11.6 Å². The van der Waals surface area contributed by atoms with Crippen LogP contribution in [0.4, 0.5) is 24.5 Å². The molecule has 1 spiro atoms. The second-order valence-corrected chi connectivity index (χ2v) is 10.4. The van der Waals surface area contributed by atoms with Gasteiger partial charge in [-0.25, -0.2) is 4.98 Å². The highest BCUT2D eigenvalue weighted by molar-refractivity contribution is 6.33. The summed E-state index contributed by atoms with van der Waals surface area (Å²) in [4.78, 5) is 17.1. The number of hydrogen-bond acceptors (Lipinski definition) is 8. The first kappa shape index (κ1) is 26.4. The van der Waals surface area contributed by atoms with Crippen molar-refractivity contribution in [2.24, 2.45) is 16.4 Å². The molecule has 38 heavy (non-hydrogen) atoms. The van der Waals surface area contributed by atoms with E-state index in [0.29, 0.717) is 22.3 Å². The molecule has 204 valence electrons. The molecule has 3 aliphatic rings. The molecular weight excluding hydrogens is 525 g/mol. The number of halogens is 4. The Bertz CT molecular complexity index is 1210. The van der Waals surface area contributed by atoms with Crippen molar-refractivity contribution >= 4 is 35.2 Å². The monoisotopic (exact) mass is 552 g/mol. The van der Waals surface area contributed by atoms with Gasteiger partial charge in [0.15, 0.2) is 0 Å². The molecule has 1 aromatic carbocycles. The second kappa shape index (κ2) is 10.2. The fourth-order valence-electron chi connectivity index (χ4n) is 5.37. The Hall–Kier alpha value is -3.21. The smallest absolute Gasteiger partial charge is 0.431 e. The summed E-state index contributed by atoms with van der Waals surface area (Å²) < 4.78 is 56.9. The molecule has 1 saturated carbocycles. The zero-order valence-corrected chi connectivity index (χ0v) is 21.7. The van der Waals surface area contributed by atoms with Gasteiger partial charge in [0.1, 0.15) is 24.2 Å². The van der Waals surface area contributed by atoms with E-state index in [1.807, 2.05) is 6.07 Å². The molecule has 3 atom stereocenters. The molecule has 0 amide bonds. The third-order valence-corrected chi connectivity index (χ3v) is 7.94. The van der Waals surface area contributed by atoms with Gasteiger partial charge in [-0.2, -0.15) is 18.3 Å². The minimum Gasteiger partial charge on any atom is -0.490 e. The molecule has 0 N–H and O–H groups in total. The minimum atomic E-state index is -4.57. The van der Waals surface area contributed by atoms with E-state index in [2.05, 4.69) is 15.0 Å². The van der Waals surface area contributed by atoms with E-state index in [1.165, 1.54) is 11.9 Å². The van der Waals surface area contributed by atoms with Crippen molar-refractivity contribution < 1.29 is 32.2 Å². The van der Waals surface area contributed by atoms with Gasteiger partial charge in [-0.3, -0.25) is 9.80 Å². The number of ether oxygens (including phenoxy) is 3. The van der Waals surface area contributed by atoms with E-state index in [-0.39, 0.29) is 24.6 Å². The number of methoxy groups -OCH3 is 1. The van der Waals surface area contributed by atoms with Crippen molar-refractivity contribution in [3.63, 3.8) is 0 Å². The molecule has 0 bridgehead atoms. The second-order valence-electron chi connectivity index (χ2n) is 9.96. The van der Waals surface area contributed by atoms with Crippen molar-refractivity contribution in [1.29, 1.82) is 0 Å². The number of aromatic nitrogens is 1. The van der Waals surface area contributed by atoms with Gasteiger partial charge < -0.3 is 19.1 Å². The third-order valence-electron chi connectivity index (χ3n) is 7.65. The lowest BCUT2D eigenvalue weighted by atomic mass is 9.91. The molecule has 5 rings (SSSR count). The van der Waals surface area contributed by atoms with Crippen molar-refractivity contribution in [3.05, 3.63) is 41.6 Å². The maximum Gasteiger partial charge on any atom is 0.431 e. The summed E-state index contributed by atoms with van der Waals surface area (Å²) in [6.45, 7) is 2.99. The van der Waals surface area contributed by atoms with Crippen molar-refractivity contribution in [2.45, 2.75) is 44.5 Å². The highest BCUT2D eigenvalue weighted by Crippen LogP contribution is 2.54. The summed E-state index contributed by atoms with van der Waals surface area (Å²) in [6, 6.07) is 7.92. The van der Waals surface area contributed by atoms with E-state index in [0.717, 1.165) is 38.0 Å². The number of piperidine rings is 1. The van der Waals surface area contributed by atoms with Crippen molar-refractivity contribution in [1.82, 2.24) is 4.98 Å². The van der Waals surface area contributed by atoms with Gasteiger partial charge in [-0.1, -0.05) is 18.5 Å². The number of carbonyl (C=O) groups is 1. The predicted molar refractivity (Wildman–Crippen MR) is 136 cm³/mol. The highest BCUT2D eigenvalue weighted by Gasteiger charge is 2.54. The van der Waals surface area contributed by atoms with Crippen molar-refractivity contribution in [2.75, 3.05) is 36.7 Å². The zero-order chi connectivity index (χ0) is 27.1. The molecule has 1 aliphatic carbocycles. The number of nitrogens with zero attached hydrogens (tertiary/aromatic N) is 4. The number of alkyl halides is 3. The van der Waals surface area contributed by atoms with E-state index < -0.39 is 23.8 Å². The van der Waals surface area contributed by atoms with E-state index >= 15 is 0 Å². The van der Waals surface area contributed by atoms with Crippen LogP contribution in [0.2, 0.25) is 5.02 Å². The van der Waals surface area contributed by atoms with E-state index in [4.69, 9.17) is 25.8 Å². The van der Waals surface area contributed by atoms with Crippen LogP contribution in [0.5, 0.6) is 11.6 Å². The molecule has 2 aliphatic heterocycles. The fraction of sp³-hybridized carbons (Fsp3) is 0.500. The molecular formula is C26H28ClF3N4O4. The van der Waals surface area contributed by atoms with Gasteiger partial charge in [0, 0.05) is 36.9 Å². The Morgan fingerprint density at radius 1 is 1.24 bits per heavy atom. The topological polar surface area (TPSA) is 76.5 Å². The quantitative estimate of drug-likeness (QED) is 0.422. The number of hydrazone groups is 1. The molecule has 1 unspecified atom stereocenters. The van der Waals surface area contributed by atoms with Crippen LogP contribution in [-0.2, 0) is 9.53 Å². The first-order valence-corrected chi connectivity index (χ1v) is 12.7. The van der Waals surface area contributed by atoms with Crippen LogP contribution >= 0.6 is 11.6 Å². The van der Waals surface area contributed by atoms with Gasteiger partial charge in [0.25, 0.3) is 6.47 Å². The van der Waals surface area contributed by atoms with Gasteiger partial charge in [0.05, 0.1) is 35.7 Å². The number of carbonyl (C=O) groups excluding carboxylic acids is 1. The molecule has 2 aromatic rings. The maximum atomic E-state index is 13.5. The Kier molecular flexibility index (Phi) is 7.06. The Morgan fingerprint density at radius 2 is 1.97 bits per heavy atom. The number of pyridine rings is 1.